The van der Waals surface area contributed by atoms with Crippen molar-refractivity contribution in [2.24, 2.45) is 17.2 Å². The highest BCUT2D eigenvalue weighted by molar-refractivity contribution is 5.53. The summed E-state index contributed by atoms with van der Waals surface area (Å²) in [5.74, 6) is 14.5. The molecule has 0 bridgehead atoms. The summed E-state index contributed by atoms with van der Waals surface area (Å²) in [6, 6.07) is 15.5. The molecule has 3 aromatic carbocycles. The number of halogens is 1. The number of ether oxygens (including phenoxy) is 4. The number of benzene rings is 3. The third kappa shape index (κ3) is 12.7. The molecule has 0 heterocycles. The third-order valence-electron chi connectivity index (χ3n) is 5.98. The van der Waals surface area contributed by atoms with Gasteiger partial charge in [0.1, 0.15) is 28.8 Å². The summed E-state index contributed by atoms with van der Waals surface area (Å²) in [6.07, 6.45) is 4.17. The van der Waals surface area contributed by atoms with Gasteiger partial charge in [-0.15, -0.1) is 0 Å². The quantitative estimate of drug-likeness (QED) is 0.160. The number of unbranched alkanes of at least 4 members (excludes halogenated alkanes) is 1. The molecule has 228 valence electrons. The molecule has 0 aliphatic rings. The van der Waals surface area contributed by atoms with Crippen LogP contribution in [0, 0.1) is 29.5 Å². The third-order valence-corrected chi connectivity index (χ3v) is 5.98. The molecule has 6 N–H and O–H groups in total. The lowest BCUT2D eigenvalue weighted by Gasteiger charge is -2.10. The van der Waals surface area contributed by atoms with Gasteiger partial charge in [0.05, 0.1) is 26.4 Å². The zero-order chi connectivity index (χ0) is 30.7. The first-order chi connectivity index (χ1) is 21.0. The summed E-state index contributed by atoms with van der Waals surface area (Å²) in [5.41, 5.74) is 19.1. The molecule has 0 aliphatic heterocycles. The van der Waals surface area contributed by atoms with E-state index in [-0.39, 0.29) is 0 Å². The Kier molecular flexibility index (Phi) is 14.8. The van der Waals surface area contributed by atoms with Crippen LogP contribution in [-0.4, -0.2) is 46.1 Å². The fourth-order valence-corrected chi connectivity index (χ4v) is 3.80. The molecule has 0 fully saturated rings. The second kappa shape index (κ2) is 19.1. The van der Waals surface area contributed by atoms with Crippen molar-refractivity contribution in [2.45, 2.75) is 39.0 Å². The molecule has 0 spiro atoms. The van der Waals surface area contributed by atoms with Gasteiger partial charge in [-0.2, -0.15) is 0 Å². The first-order valence-corrected chi connectivity index (χ1v) is 14.8. The van der Waals surface area contributed by atoms with Gasteiger partial charge in [-0.1, -0.05) is 37.0 Å². The van der Waals surface area contributed by atoms with Gasteiger partial charge >= 0.3 is 0 Å². The Morgan fingerprint density at radius 2 is 0.814 bits per heavy atom. The maximum Gasteiger partial charge on any atom is 0.125 e. The van der Waals surface area contributed by atoms with Crippen molar-refractivity contribution in [3.63, 3.8) is 0 Å². The Morgan fingerprint density at radius 1 is 0.488 bits per heavy atom. The van der Waals surface area contributed by atoms with E-state index in [1.165, 1.54) is 12.1 Å². The zero-order valence-corrected chi connectivity index (χ0v) is 24.9. The first kappa shape index (κ1) is 33.3. The lowest BCUT2D eigenvalue weighted by molar-refractivity contribution is 0.296. The highest BCUT2D eigenvalue weighted by Gasteiger charge is 2.05. The summed E-state index contributed by atoms with van der Waals surface area (Å²) in [5, 5.41) is 0. The van der Waals surface area contributed by atoms with Crippen molar-refractivity contribution in [3.05, 3.63) is 82.7 Å². The fraction of sp³-hybridized carbons (Fsp3) is 0.371. The van der Waals surface area contributed by atoms with Crippen molar-refractivity contribution >= 4 is 0 Å². The molecule has 0 saturated carbocycles. The van der Waals surface area contributed by atoms with Gasteiger partial charge < -0.3 is 36.1 Å². The monoisotopic (exact) mass is 587 g/mol. The summed E-state index contributed by atoms with van der Waals surface area (Å²) < 4.78 is 37.9. The van der Waals surface area contributed by atoms with Crippen LogP contribution in [-0.2, 0) is 0 Å². The Balaban J connectivity index is 1.85. The van der Waals surface area contributed by atoms with Crippen LogP contribution in [0.2, 0.25) is 0 Å². The van der Waals surface area contributed by atoms with E-state index in [1.54, 1.807) is 6.07 Å². The SMILES string of the molecule is CCCCOc1cc(C#Cc2cc(F)cc(C#Cc3cc(OCCCN)cc(OCCCN)c3)c2)cc(OCCCN)c1. The van der Waals surface area contributed by atoms with Crippen molar-refractivity contribution < 1.29 is 23.3 Å². The van der Waals surface area contributed by atoms with Crippen LogP contribution in [0.25, 0.3) is 0 Å². The molecular formula is C35H42FN3O4. The van der Waals surface area contributed by atoms with Gasteiger partial charge in [0, 0.05) is 34.4 Å². The Bertz CT molecular complexity index is 1260. The van der Waals surface area contributed by atoms with Crippen molar-refractivity contribution in [2.75, 3.05) is 46.1 Å². The minimum Gasteiger partial charge on any atom is -0.493 e. The van der Waals surface area contributed by atoms with Crippen molar-refractivity contribution in [1.82, 2.24) is 0 Å². The van der Waals surface area contributed by atoms with Crippen LogP contribution >= 0.6 is 0 Å². The average molecular weight is 588 g/mol. The van der Waals surface area contributed by atoms with E-state index in [1.807, 2.05) is 36.4 Å². The van der Waals surface area contributed by atoms with Crippen LogP contribution in [0.1, 0.15) is 61.3 Å². The van der Waals surface area contributed by atoms with Gasteiger partial charge in [0.25, 0.3) is 0 Å². The van der Waals surface area contributed by atoms with E-state index < -0.39 is 5.82 Å². The second-order valence-electron chi connectivity index (χ2n) is 9.79. The highest BCUT2D eigenvalue weighted by Crippen LogP contribution is 2.24. The lowest BCUT2D eigenvalue weighted by atomic mass is 10.1. The van der Waals surface area contributed by atoms with E-state index in [9.17, 15) is 4.39 Å². The van der Waals surface area contributed by atoms with Gasteiger partial charge in [-0.3, -0.25) is 0 Å². The maximum absolute atomic E-state index is 14.6. The standard InChI is InChI=1S/C35H42FN3O4/c1-2-3-14-40-32-21-29(22-33(25-32)41-15-4-11-37)9-7-27-18-28(20-31(36)19-27)8-10-30-23-34(42-16-5-12-38)26-35(24-30)43-17-6-13-39/h18-26H,2-6,11-17,37-39H2,1H3. The average Bonchev–Trinajstić information content (AvgIpc) is 2.99. The van der Waals surface area contributed by atoms with E-state index in [4.69, 9.17) is 36.1 Å². The van der Waals surface area contributed by atoms with Gasteiger partial charge in [0.15, 0.2) is 0 Å². The Morgan fingerprint density at radius 3 is 1.14 bits per heavy atom. The smallest absolute Gasteiger partial charge is 0.125 e. The normalized spacial score (nSPS) is 10.3. The van der Waals surface area contributed by atoms with E-state index in [2.05, 4.69) is 30.6 Å². The molecule has 0 atom stereocenters. The second-order valence-corrected chi connectivity index (χ2v) is 9.79. The van der Waals surface area contributed by atoms with Crippen molar-refractivity contribution in [3.8, 4) is 46.7 Å². The molecular weight excluding hydrogens is 545 g/mol. The number of rotatable bonds is 16. The number of hydrogen-bond donors (Lipinski definition) is 3. The van der Waals surface area contributed by atoms with Gasteiger partial charge in [0.2, 0.25) is 0 Å². The van der Waals surface area contributed by atoms with E-state index in [0.29, 0.717) is 91.3 Å². The molecule has 3 rings (SSSR count). The lowest BCUT2D eigenvalue weighted by Crippen LogP contribution is -2.07. The Labute approximate surface area is 254 Å². The minimum absolute atomic E-state index is 0.428. The molecule has 0 amide bonds. The minimum atomic E-state index is -0.428. The molecule has 0 aliphatic carbocycles. The zero-order valence-electron chi connectivity index (χ0n) is 24.9. The van der Waals surface area contributed by atoms with Crippen molar-refractivity contribution in [1.29, 1.82) is 0 Å². The predicted molar refractivity (Wildman–Crippen MR) is 169 cm³/mol. The largest absolute Gasteiger partial charge is 0.493 e. The molecule has 0 saturated heterocycles. The summed E-state index contributed by atoms with van der Waals surface area (Å²) in [4.78, 5) is 0. The van der Waals surface area contributed by atoms with Gasteiger partial charge in [-0.05, 0) is 87.8 Å². The molecule has 3 aromatic rings. The van der Waals surface area contributed by atoms with Gasteiger partial charge in [-0.25, -0.2) is 4.39 Å². The molecule has 0 aromatic heterocycles. The fourth-order valence-electron chi connectivity index (χ4n) is 3.80. The van der Waals surface area contributed by atoms with E-state index in [0.717, 1.165) is 32.1 Å². The topological polar surface area (TPSA) is 115 Å². The van der Waals surface area contributed by atoms with Crippen LogP contribution in [0.4, 0.5) is 4.39 Å². The molecule has 43 heavy (non-hydrogen) atoms. The number of hydrogen-bond acceptors (Lipinski definition) is 7. The van der Waals surface area contributed by atoms with Crippen LogP contribution in [0.3, 0.4) is 0 Å². The number of nitrogens with two attached hydrogens (primary N) is 3. The molecule has 8 heteroatoms. The summed E-state index contributed by atoms with van der Waals surface area (Å²) >= 11 is 0. The molecule has 0 radical (unpaired) electrons. The Hall–Kier alpha value is -4.21. The summed E-state index contributed by atoms with van der Waals surface area (Å²) in [7, 11) is 0. The summed E-state index contributed by atoms with van der Waals surface area (Å²) in [6.45, 7) is 5.79. The van der Waals surface area contributed by atoms with Crippen LogP contribution in [0.15, 0.2) is 54.6 Å². The van der Waals surface area contributed by atoms with Crippen LogP contribution in [0.5, 0.6) is 23.0 Å². The molecule has 0 unspecified atom stereocenters. The van der Waals surface area contributed by atoms with E-state index >= 15 is 0 Å². The first-order valence-electron chi connectivity index (χ1n) is 14.8. The van der Waals surface area contributed by atoms with Crippen LogP contribution < -0.4 is 36.1 Å². The highest BCUT2D eigenvalue weighted by atomic mass is 19.1. The maximum atomic E-state index is 14.6. The molecule has 7 nitrogen and oxygen atoms in total. The predicted octanol–water partition coefficient (Wildman–Crippen LogP) is 4.99.